The van der Waals surface area contributed by atoms with Gasteiger partial charge in [-0.05, 0) is 24.4 Å². The summed E-state index contributed by atoms with van der Waals surface area (Å²) in [5, 5.41) is 14.0. The van der Waals surface area contributed by atoms with Gasteiger partial charge in [0.25, 0.3) is 0 Å². The Hall–Kier alpha value is -3.01. The molecule has 0 radical (unpaired) electrons. The highest BCUT2D eigenvalue weighted by atomic mass is 32.1. The van der Waals surface area contributed by atoms with Crippen LogP contribution in [0.5, 0.6) is 0 Å². The van der Waals surface area contributed by atoms with Crippen LogP contribution in [-0.2, 0) is 20.1 Å². The van der Waals surface area contributed by atoms with E-state index in [2.05, 4.69) is 52.8 Å². The van der Waals surface area contributed by atoms with Gasteiger partial charge < -0.3 is 19.7 Å². The molecule has 1 fully saturated rings. The van der Waals surface area contributed by atoms with Crippen molar-refractivity contribution in [3.8, 4) is 0 Å². The number of aliphatic imine (C=N–C) groups is 1. The van der Waals surface area contributed by atoms with Crippen molar-refractivity contribution in [3.63, 3.8) is 0 Å². The first-order chi connectivity index (χ1) is 14.2. The fourth-order valence-electron chi connectivity index (χ4n) is 3.15. The molecule has 0 unspecified atom stereocenters. The molecule has 0 spiro atoms. The standard InChI is InChI=1S/C19H25N9S/c1-15-24-25-17(26(15)2)14-23-19(22-13-16-5-3-12-29-16)28-10-8-27(9-11-28)18-20-6-4-7-21-18/h3-7,12H,8-11,13-14H2,1-2H3,(H,22,23). The van der Waals surface area contributed by atoms with E-state index in [-0.39, 0.29) is 0 Å². The molecule has 1 aliphatic heterocycles. The number of anilines is 1. The maximum Gasteiger partial charge on any atom is 0.225 e. The number of nitrogens with one attached hydrogen (secondary N) is 1. The highest BCUT2D eigenvalue weighted by Gasteiger charge is 2.21. The van der Waals surface area contributed by atoms with Gasteiger partial charge in [0.2, 0.25) is 5.95 Å². The fraction of sp³-hybridized carbons (Fsp3) is 0.421. The maximum atomic E-state index is 4.85. The highest BCUT2D eigenvalue weighted by Crippen LogP contribution is 2.12. The summed E-state index contributed by atoms with van der Waals surface area (Å²) in [6.45, 7) is 6.61. The van der Waals surface area contributed by atoms with E-state index in [0.717, 1.165) is 56.3 Å². The van der Waals surface area contributed by atoms with Crippen molar-refractivity contribution in [2.75, 3.05) is 31.1 Å². The first-order valence-corrected chi connectivity index (χ1v) is 10.5. The monoisotopic (exact) mass is 411 g/mol. The van der Waals surface area contributed by atoms with Crippen LogP contribution in [0.1, 0.15) is 16.5 Å². The average molecular weight is 412 g/mol. The summed E-state index contributed by atoms with van der Waals surface area (Å²) < 4.78 is 1.98. The summed E-state index contributed by atoms with van der Waals surface area (Å²) in [6, 6.07) is 6.04. The van der Waals surface area contributed by atoms with Gasteiger partial charge in [-0.25, -0.2) is 15.0 Å². The van der Waals surface area contributed by atoms with Crippen molar-refractivity contribution < 1.29 is 0 Å². The van der Waals surface area contributed by atoms with E-state index in [4.69, 9.17) is 4.99 Å². The Morgan fingerprint density at radius 1 is 1.14 bits per heavy atom. The summed E-state index contributed by atoms with van der Waals surface area (Å²) in [7, 11) is 1.97. The molecule has 9 nitrogen and oxygen atoms in total. The molecule has 0 saturated carbocycles. The van der Waals surface area contributed by atoms with Crippen molar-refractivity contribution in [1.29, 1.82) is 0 Å². The molecule has 29 heavy (non-hydrogen) atoms. The smallest absolute Gasteiger partial charge is 0.225 e. The summed E-state index contributed by atoms with van der Waals surface area (Å²) in [4.78, 5) is 19.4. The third-order valence-electron chi connectivity index (χ3n) is 4.97. The Balaban J connectivity index is 1.44. The van der Waals surface area contributed by atoms with E-state index < -0.39 is 0 Å². The van der Waals surface area contributed by atoms with Gasteiger partial charge in [0.1, 0.15) is 12.4 Å². The molecule has 3 aromatic heterocycles. The minimum absolute atomic E-state index is 0.492. The minimum atomic E-state index is 0.492. The van der Waals surface area contributed by atoms with Gasteiger partial charge in [-0.15, -0.1) is 21.5 Å². The lowest BCUT2D eigenvalue weighted by atomic mass is 10.3. The topological polar surface area (TPSA) is 87.4 Å². The van der Waals surface area contributed by atoms with E-state index in [9.17, 15) is 0 Å². The average Bonchev–Trinajstić information content (AvgIpc) is 3.40. The normalized spacial score (nSPS) is 15.0. The van der Waals surface area contributed by atoms with Gasteiger partial charge >= 0.3 is 0 Å². The SMILES string of the molecule is Cc1nnc(CN=C(NCc2cccs2)N2CCN(c3ncccn3)CC2)n1C. The fourth-order valence-corrected chi connectivity index (χ4v) is 3.80. The van der Waals surface area contributed by atoms with Gasteiger partial charge in [-0.2, -0.15) is 0 Å². The third-order valence-corrected chi connectivity index (χ3v) is 5.84. The zero-order valence-electron chi connectivity index (χ0n) is 16.7. The zero-order chi connectivity index (χ0) is 20.1. The van der Waals surface area contributed by atoms with E-state index in [1.54, 1.807) is 23.7 Å². The van der Waals surface area contributed by atoms with Crippen molar-refractivity contribution >= 4 is 23.2 Å². The Labute approximate surface area is 174 Å². The summed E-state index contributed by atoms with van der Waals surface area (Å²) in [5.41, 5.74) is 0. The number of guanidine groups is 1. The van der Waals surface area contributed by atoms with Crippen LogP contribution in [0.4, 0.5) is 5.95 Å². The number of hydrogen-bond donors (Lipinski definition) is 1. The molecule has 10 heteroatoms. The van der Waals surface area contributed by atoms with E-state index >= 15 is 0 Å². The minimum Gasteiger partial charge on any atom is -0.351 e. The van der Waals surface area contributed by atoms with Crippen LogP contribution in [-0.4, -0.2) is 61.8 Å². The number of aromatic nitrogens is 5. The lowest BCUT2D eigenvalue weighted by molar-refractivity contribution is 0.369. The van der Waals surface area contributed by atoms with Crippen molar-refractivity contribution in [3.05, 3.63) is 52.5 Å². The number of hydrogen-bond acceptors (Lipinski definition) is 7. The van der Waals surface area contributed by atoms with E-state index in [1.807, 2.05) is 24.6 Å². The van der Waals surface area contributed by atoms with Gasteiger partial charge in [-0.3, -0.25) is 0 Å². The summed E-state index contributed by atoms with van der Waals surface area (Å²) >= 11 is 1.74. The molecule has 1 N–H and O–H groups in total. The molecule has 4 rings (SSSR count). The zero-order valence-corrected chi connectivity index (χ0v) is 17.5. The number of aryl methyl sites for hydroxylation is 1. The molecule has 0 atom stereocenters. The molecule has 0 aliphatic carbocycles. The Kier molecular flexibility index (Phi) is 5.99. The molecular weight excluding hydrogens is 386 g/mol. The van der Waals surface area contributed by atoms with E-state index in [1.165, 1.54) is 4.88 Å². The number of piperazine rings is 1. The molecule has 3 aromatic rings. The number of rotatable bonds is 5. The molecule has 0 aromatic carbocycles. The van der Waals surface area contributed by atoms with Crippen LogP contribution in [0.15, 0.2) is 41.0 Å². The van der Waals surface area contributed by atoms with Crippen LogP contribution >= 0.6 is 11.3 Å². The van der Waals surface area contributed by atoms with Gasteiger partial charge in [0.05, 0.1) is 6.54 Å². The van der Waals surface area contributed by atoms with E-state index in [0.29, 0.717) is 6.54 Å². The Bertz CT molecular complexity index is 928. The van der Waals surface area contributed by atoms with Crippen LogP contribution in [0, 0.1) is 6.92 Å². The van der Waals surface area contributed by atoms with Crippen LogP contribution < -0.4 is 10.2 Å². The predicted molar refractivity (Wildman–Crippen MR) is 114 cm³/mol. The van der Waals surface area contributed by atoms with Crippen molar-refractivity contribution in [2.24, 2.45) is 12.0 Å². The molecule has 4 heterocycles. The van der Waals surface area contributed by atoms with Crippen LogP contribution in [0.25, 0.3) is 0 Å². The first kappa shape index (κ1) is 19.3. The van der Waals surface area contributed by atoms with Crippen LogP contribution in [0.2, 0.25) is 0 Å². The second kappa shape index (κ2) is 8.99. The lowest BCUT2D eigenvalue weighted by Crippen LogP contribution is -2.52. The largest absolute Gasteiger partial charge is 0.351 e. The Morgan fingerprint density at radius 2 is 1.93 bits per heavy atom. The molecule has 1 saturated heterocycles. The number of nitrogens with zero attached hydrogens (tertiary/aromatic N) is 8. The molecular formula is C19H25N9S. The summed E-state index contributed by atoms with van der Waals surface area (Å²) in [5.74, 6) is 3.42. The summed E-state index contributed by atoms with van der Waals surface area (Å²) in [6.07, 6.45) is 3.57. The highest BCUT2D eigenvalue weighted by molar-refractivity contribution is 7.09. The molecule has 0 bridgehead atoms. The van der Waals surface area contributed by atoms with Gasteiger partial charge in [-0.1, -0.05) is 6.07 Å². The third kappa shape index (κ3) is 4.70. The molecule has 0 amide bonds. The maximum absolute atomic E-state index is 4.85. The Morgan fingerprint density at radius 3 is 2.59 bits per heavy atom. The van der Waals surface area contributed by atoms with Gasteiger partial charge in [0, 0.05) is 50.5 Å². The molecule has 1 aliphatic rings. The quantitative estimate of drug-likeness (QED) is 0.502. The predicted octanol–water partition coefficient (Wildman–Crippen LogP) is 1.44. The lowest BCUT2D eigenvalue weighted by Gasteiger charge is -2.36. The second-order valence-corrected chi connectivity index (χ2v) is 7.85. The van der Waals surface area contributed by atoms with Crippen molar-refractivity contribution in [1.82, 2.24) is 34.9 Å². The van der Waals surface area contributed by atoms with Crippen molar-refractivity contribution in [2.45, 2.75) is 20.0 Å². The molecule has 152 valence electrons. The van der Waals surface area contributed by atoms with Crippen LogP contribution in [0.3, 0.4) is 0 Å². The first-order valence-electron chi connectivity index (χ1n) is 9.63. The number of thiophene rings is 1. The second-order valence-electron chi connectivity index (χ2n) is 6.82. The van der Waals surface area contributed by atoms with Gasteiger partial charge in [0.15, 0.2) is 11.8 Å².